The summed E-state index contributed by atoms with van der Waals surface area (Å²) in [6, 6.07) is 4.40. The number of aliphatic hydroxyl groups is 1. The molecule has 1 aromatic rings. The molecular weight excluding hydrogens is 191 g/mol. The zero-order valence-electron chi connectivity index (χ0n) is 7.00. The first-order chi connectivity index (χ1) is 6.18. The molecule has 0 saturated heterocycles. The lowest BCUT2D eigenvalue weighted by atomic mass is 10.1. The van der Waals surface area contributed by atoms with Gasteiger partial charge in [-0.25, -0.2) is 4.39 Å². The maximum Gasteiger partial charge on any atom is 0.130 e. The van der Waals surface area contributed by atoms with Gasteiger partial charge in [-0.2, -0.15) is 0 Å². The second-order valence-electron chi connectivity index (χ2n) is 3.45. The van der Waals surface area contributed by atoms with Gasteiger partial charge in [0.25, 0.3) is 0 Å². The highest BCUT2D eigenvalue weighted by atomic mass is 35.5. The molecule has 0 bridgehead atoms. The van der Waals surface area contributed by atoms with Crippen molar-refractivity contribution in [2.75, 3.05) is 0 Å². The third-order valence-electron chi connectivity index (χ3n) is 2.35. The predicted molar refractivity (Wildman–Crippen MR) is 49.1 cm³/mol. The zero-order chi connectivity index (χ0) is 9.42. The lowest BCUT2D eigenvalue weighted by Gasteiger charge is -2.10. The first-order valence-corrected chi connectivity index (χ1v) is 4.69. The smallest absolute Gasteiger partial charge is 0.130 e. The Hall–Kier alpha value is -0.600. The maximum absolute atomic E-state index is 13.2. The van der Waals surface area contributed by atoms with E-state index >= 15 is 0 Å². The van der Waals surface area contributed by atoms with Gasteiger partial charge in [-0.1, -0.05) is 17.7 Å². The van der Waals surface area contributed by atoms with Crippen LogP contribution in [0.25, 0.3) is 0 Å². The van der Waals surface area contributed by atoms with Gasteiger partial charge in [-0.05, 0) is 30.9 Å². The van der Waals surface area contributed by atoms with Gasteiger partial charge >= 0.3 is 0 Å². The topological polar surface area (TPSA) is 20.2 Å². The van der Waals surface area contributed by atoms with Crippen LogP contribution in [0.2, 0.25) is 5.02 Å². The number of aliphatic hydroxyl groups excluding tert-OH is 1. The molecule has 1 atom stereocenters. The summed E-state index contributed by atoms with van der Waals surface area (Å²) in [6.07, 6.45) is 1.32. The van der Waals surface area contributed by atoms with Crippen LogP contribution in [-0.4, -0.2) is 5.11 Å². The lowest BCUT2D eigenvalue weighted by Crippen LogP contribution is -2.02. The van der Waals surface area contributed by atoms with Crippen LogP contribution in [0.15, 0.2) is 18.2 Å². The van der Waals surface area contributed by atoms with Gasteiger partial charge in [0.15, 0.2) is 0 Å². The normalized spacial score (nSPS) is 18.7. The number of hydrogen-bond donors (Lipinski definition) is 1. The van der Waals surface area contributed by atoms with E-state index in [0.29, 0.717) is 10.6 Å². The average molecular weight is 201 g/mol. The third-order valence-corrected chi connectivity index (χ3v) is 2.58. The molecule has 1 fully saturated rings. The molecule has 1 nitrogen and oxygen atoms in total. The molecule has 1 aromatic carbocycles. The van der Waals surface area contributed by atoms with E-state index in [1.807, 2.05) is 0 Å². The molecule has 0 radical (unpaired) electrons. The van der Waals surface area contributed by atoms with Crippen molar-refractivity contribution in [3.05, 3.63) is 34.6 Å². The van der Waals surface area contributed by atoms with Gasteiger partial charge in [0.2, 0.25) is 0 Å². The van der Waals surface area contributed by atoms with Crippen LogP contribution < -0.4 is 0 Å². The maximum atomic E-state index is 13.2. The average Bonchev–Trinajstić information content (AvgIpc) is 2.85. The lowest BCUT2D eigenvalue weighted by molar-refractivity contribution is 0.149. The van der Waals surface area contributed by atoms with E-state index in [1.54, 1.807) is 12.1 Å². The summed E-state index contributed by atoms with van der Waals surface area (Å²) in [5.74, 6) is -0.164. The molecule has 0 aromatic heterocycles. The fraction of sp³-hybridized carbons (Fsp3) is 0.400. The molecule has 0 aliphatic heterocycles. The van der Waals surface area contributed by atoms with E-state index in [9.17, 15) is 9.50 Å². The van der Waals surface area contributed by atoms with E-state index in [-0.39, 0.29) is 5.92 Å². The second kappa shape index (κ2) is 3.28. The van der Waals surface area contributed by atoms with Crippen molar-refractivity contribution in [2.24, 2.45) is 5.92 Å². The van der Waals surface area contributed by atoms with Gasteiger partial charge in [0, 0.05) is 10.6 Å². The fourth-order valence-electron chi connectivity index (χ4n) is 1.41. The Balaban J connectivity index is 2.28. The number of benzene rings is 1. The molecule has 3 heteroatoms. The van der Waals surface area contributed by atoms with Crippen LogP contribution in [0.4, 0.5) is 4.39 Å². The highest BCUT2D eigenvalue weighted by Crippen LogP contribution is 2.41. The van der Waals surface area contributed by atoms with E-state index in [0.717, 1.165) is 12.8 Å². The van der Waals surface area contributed by atoms with Gasteiger partial charge in [-0.15, -0.1) is 0 Å². The highest BCUT2D eigenvalue weighted by molar-refractivity contribution is 6.30. The Morgan fingerprint density at radius 2 is 2.15 bits per heavy atom. The Bertz CT molecular complexity index is 323. The summed E-state index contributed by atoms with van der Waals surface area (Å²) in [4.78, 5) is 0. The van der Waals surface area contributed by atoms with Gasteiger partial charge < -0.3 is 5.11 Å². The molecule has 2 rings (SSSR count). The molecule has 13 heavy (non-hydrogen) atoms. The molecule has 1 saturated carbocycles. The summed E-state index contributed by atoms with van der Waals surface area (Å²) < 4.78 is 13.2. The van der Waals surface area contributed by atoms with Crippen molar-refractivity contribution in [3.63, 3.8) is 0 Å². The summed E-state index contributed by atoms with van der Waals surface area (Å²) in [5, 5.41) is 10.0. The minimum atomic E-state index is -0.655. The molecular formula is C10H10ClFO. The van der Waals surface area contributed by atoms with Crippen molar-refractivity contribution in [3.8, 4) is 0 Å². The van der Waals surface area contributed by atoms with Crippen molar-refractivity contribution in [1.29, 1.82) is 0 Å². The first-order valence-electron chi connectivity index (χ1n) is 4.31. The first kappa shape index (κ1) is 8.97. The number of hydrogen-bond acceptors (Lipinski definition) is 1. The minimum absolute atomic E-state index is 0.246. The molecule has 1 aliphatic carbocycles. The summed E-state index contributed by atoms with van der Waals surface area (Å²) in [7, 11) is 0. The number of rotatable bonds is 2. The van der Waals surface area contributed by atoms with E-state index in [4.69, 9.17) is 11.6 Å². The quantitative estimate of drug-likeness (QED) is 0.779. The molecule has 0 amide bonds. The monoisotopic (exact) mass is 200 g/mol. The van der Waals surface area contributed by atoms with Crippen LogP contribution in [0.5, 0.6) is 0 Å². The van der Waals surface area contributed by atoms with E-state index in [2.05, 4.69) is 0 Å². The van der Waals surface area contributed by atoms with Crippen LogP contribution in [0, 0.1) is 11.7 Å². The van der Waals surface area contributed by atoms with Gasteiger partial charge in [0.1, 0.15) is 5.82 Å². The van der Waals surface area contributed by atoms with Crippen LogP contribution in [0.3, 0.4) is 0 Å². The summed E-state index contributed by atoms with van der Waals surface area (Å²) in [6.45, 7) is 0. The van der Waals surface area contributed by atoms with Crippen LogP contribution >= 0.6 is 11.6 Å². The Morgan fingerprint density at radius 3 is 2.69 bits per heavy atom. The molecule has 1 aliphatic rings. The van der Waals surface area contributed by atoms with Crippen LogP contribution in [-0.2, 0) is 0 Å². The van der Waals surface area contributed by atoms with Crippen molar-refractivity contribution < 1.29 is 9.50 Å². The molecule has 0 unspecified atom stereocenters. The Labute approximate surface area is 81.1 Å². The van der Waals surface area contributed by atoms with Crippen LogP contribution in [0.1, 0.15) is 24.5 Å². The third kappa shape index (κ3) is 1.84. The largest absolute Gasteiger partial charge is 0.388 e. The minimum Gasteiger partial charge on any atom is -0.388 e. The second-order valence-corrected chi connectivity index (χ2v) is 3.88. The van der Waals surface area contributed by atoms with Crippen molar-refractivity contribution in [1.82, 2.24) is 0 Å². The standard InChI is InChI=1S/C10H10ClFO/c11-7-3-4-8(9(12)5-7)10(13)6-1-2-6/h3-6,10,13H,1-2H2/t10-/m1/s1. The van der Waals surface area contributed by atoms with E-state index in [1.165, 1.54) is 6.07 Å². The van der Waals surface area contributed by atoms with Gasteiger partial charge in [0.05, 0.1) is 6.10 Å². The summed E-state index contributed by atoms with van der Waals surface area (Å²) >= 11 is 5.60. The zero-order valence-corrected chi connectivity index (χ0v) is 7.76. The van der Waals surface area contributed by atoms with Gasteiger partial charge in [-0.3, -0.25) is 0 Å². The Morgan fingerprint density at radius 1 is 1.46 bits per heavy atom. The summed E-state index contributed by atoms with van der Waals surface area (Å²) in [5.41, 5.74) is 0.368. The molecule has 70 valence electrons. The fourth-order valence-corrected chi connectivity index (χ4v) is 1.57. The molecule has 1 N–H and O–H groups in total. The molecule has 0 heterocycles. The van der Waals surface area contributed by atoms with Crippen molar-refractivity contribution >= 4 is 11.6 Å². The van der Waals surface area contributed by atoms with Crippen molar-refractivity contribution in [2.45, 2.75) is 18.9 Å². The SMILES string of the molecule is O[C@@H](c1ccc(Cl)cc1F)C1CC1. The molecule has 0 spiro atoms. The predicted octanol–water partition coefficient (Wildman–Crippen LogP) is 2.92. The van der Waals surface area contributed by atoms with E-state index < -0.39 is 11.9 Å². The number of halogens is 2. The highest BCUT2D eigenvalue weighted by Gasteiger charge is 2.32. The Kier molecular flexibility index (Phi) is 2.26.